The molecule has 2 rings (SSSR count). The number of morpholine rings is 1. The monoisotopic (exact) mass is 277 g/mol. The Hall–Kier alpha value is -1.88. The average Bonchev–Trinajstić information content (AvgIpc) is 2.53. The summed E-state index contributed by atoms with van der Waals surface area (Å²) in [7, 11) is 1.58. The second-order valence-electron chi connectivity index (χ2n) is 4.64. The number of amides is 1. The molecule has 0 bridgehead atoms. The van der Waals surface area contributed by atoms with Gasteiger partial charge in [-0.1, -0.05) is 0 Å². The number of benzene rings is 1. The van der Waals surface area contributed by atoms with E-state index in [0.29, 0.717) is 37.6 Å². The van der Waals surface area contributed by atoms with E-state index in [0.717, 1.165) is 0 Å². The van der Waals surface area contributed by atoms with Gasteiger partial charge in [0, 0.05) is 31.5 Å². The van der Waals surface area contributed by atoms with Gasteiger partial charge in [0.15, 0.2) is 5.78 Å². The fourth-order valence-corrected chi connectivity index (χ4v) is 2.11. The Labute approximate surface area is 118 Å². The number of ketones is 1. The zero-order valence-electron chi connectivity index (χ0n) is 11.6. The van der Waals surface area contributed by atoms with Gasteiger partial charge in [-0.2, -0.15) is 0 Å². The van der Waals surface area contributed by atoms with Crippen molar-refractivity contribution >= 4 is 11.7 Å². The molecule has 1 fully saturated rings. The normalized spacial score (nSPS) is 14.9. The van der Waals surface area contributed by atoms with Crippen molar-refractivity contribution in [2.45, 2.75) is 12.8 Å². The predicted octanol–water partition coefficient (Wildman–Crippen LogP) is 1.52. The zero-order valence-corrected chi connectivity index (χ0v) is 11.6. The van der Waals surface area contributed by atoms with Gasteiger partial charge in [-0.05, 0) is 24.3 Å². The van der Waals surface area contributed by atoms with Gasteiger partial charge in [0.05, 0.1) is 20.3 Å². The van der Waals surface area contributed by atoms with Crippen LogP contribution in [0.4, 0.5) is 0 Å². The zero-order chi connectivity index (χ0) is 14.4. The van der Waals surface area contributed by atoms with E-state index in [2.05, 4.69) is 0 Å². The third kappa shape index (κ3) is 3.81. The topological polar surface area (TPSA) is 55.8 Å². The van der Waals surface area contributed by atoms with Crippen molar-refractivity contribution in [1.29, 1.82) is 0 Å². The van der Waals surface area contributed by atoms with Crippen LogP contribution in [0.3, 0.4) is 0 Å². The maximum absolute atomic E-state index is 12.0. The molecule has 0 aromatic heterocycles. The Morgan fingerprint density at radius 3 is 2.40 bits per heavy atom. The van der Waals surface area contributed by atoms with Crippen molar-refractivity contribution in [3.8, 4) is 5.75 Å². The van der Waals surface area contributed by atoms with Crippen LogP contribution in [0.1, 0.15) is 23.2 Å². The van der Waals surface area contributed by atoms with Crippen LogP contribution >= 0.6 is 0 Å². The van der Waals surface area contributed by atoms with Gasteiger partial charge in [0.2, 0.25) is 5.91 Å². The third-order valence-corrected chi connectivity index (χ3v) is 3.34. The van der Waals surface area contributed by atoms with Crippen LogP contribution in [-0.2, 0) is 9.53 Å². The summed E-state index contributed by atoms with van der Waals surface area (Å²) in [4.78, 5) is 25.7. The van der Waals surface area contributed by atoms with Crippen molar-refractivity contribution in [1.82, 2.24) is 4.90 Å². The molecule has 20 heavy (non-hydrogen) atoms. The van der Waals surface area contributed by atoms with E-state index in [4.69, 9.17) is 9.47 Å². The minimum absolute atomic E-state index is 0.0192. The first-order chi connectivity index (χ1) is 9.70. The molecule has 1 heterocycles. The van der Waals surface area contributed by atoms with E-state index in [-0.39, 0.29) is 24.5 Å². The van der Waals surface area contributed by atoms with Crippen molar-refractivity contribution < 1.29 is 19.1 Å². The largest absolute Gasteiger partial charge is 0.497 e. The summed E-state index contributed by atoms with van der Waals surface area (Å²) in [6.07, 6.45) is 0.493. The van der Waals surface area contributed by atoms with Crippen LogP contribution in [0.2, 0.25) is 0 Å². The number of carbonyl (C=O) groups is 2. The third-order valence-electron chi connectivity index (χ3n) is 3.34. The first kappa shape index (κ1) is 14.5. The Kier molecular flexibility index (Phi) is 5.12. The second-order valence-corrected chi connectivity index (χ2v) is 4.64. The number of rotatable bonds is 5. The van der Waals surface area contributed by atoms with Gasteiger partial charge < -0.3 is 14.4 Å². The molecule has 5 nitrogen and oxygen atoms in total. The lowest BCUT2D eigenvalue weighted by atomic mass is 10.1. The van der Waals surface area contributed by atoms with Crippen LogP contribution in [0, 0.1) is 0 Å². The fourth-order valence-electron chi connectivity index (χ4n) is 2.11. The van der Waals surface area contributed by atoms with Gasteiger partial charge in [0.25, 0.3) is 0 Å². The molecule has 1 aromatic rings. The Morgan fingerprint density at radius 2 is 1.80 bits per heavy atom. The molecule has 1 aromatic carbocycles. The fraction of sp³-hybridized carbons (Fsp3) is 0.467. The number of hydrogen-bond donors (Lipinski definition) is 0. The van der Waals surface area contributed by atoms with Gasteiger partial charge in [-0.25, -0.2) is 0 Å². The minimum atomic E-state index is -0.0192. The molecule has 1 saturated heterocycles. The molecular weight excluding hydrogens is 258 g/mol. The molecule has 1 amide bonds. The van der Waals surface area contributed by atoms with E-state index >= 15 is 0 Å². The SMILES string of the molecule is COc1ccc(C(=O)CCC(=O)N2CCOCC2)cc1. The van der Waals surface area contributed by atoms with Gasteiger partial charge in [0.1, 0.15) is 5.75 Å². The van der Waals surface area contributed by atoms with Crippen molar-refractivity contribution in [2.75, 3.05) is 33.4 Å². The van der Waals surface area contributed by atoms with Gasteiger partial charge in [-0.15, -0.1) is 0 Å². The molecule has 0 aliphatic carbocycles. The molecule has 0 atom stereocenters. The number of ether oxygens (including phenoxy) is 2. The predicted molar refractivity (Wildman–Crippen MR) is 74.0 cm³/mol. The highest BCUT2D eigenvalue weighted by Crippen LogP contribution is 2.14. The van der Waals surface area contributed by atoms with E-state index in [1.165, 1.54) is 0 Å². The minimum Gasteiger partial charge on any atom is -0.497 e. The highest BCUT2D eigenvalue weighted by Gasteiger charge is 2.18. The Bertz CT molecular complexity index is 463. The summed E-state index contributed by atoms with van der Waals surface area (Å²) in [5, 5.41) is 0. The Balaban J connectivity index is 1.83. The van der Waals surface area contributed by atoms with Crippen molar-refractivity contribution in [3.05, 3.63) is 29.8 Å². The summed E-state index contributed by atoms with van der Waals surface area (Å²) in [5.74, 6) is 0.718. The number of nitrogens with zero attached hydrogens (tertiary/aromatic N) is 1. The smallest absolute Gasteiger partial charge is 0.223 e. The molecule has 0 spiro atoms. The highest BCUT2D eigenvalue weighted by molar-refractivity contribution is 5.98. The maximum atomic E-state index is 12.0. The van der Waals surface area contributed by atoms with Crippen LogP contribution in [0.15, 0.2) is 24.3 Å². The van der Waals surface area contributed by atoms with Gasteiger partial charge in [-0.3, -0.25) is 9.59 Å². The molecule has 1 aliphatic heterocycles. The lowest BCUT2D eigenvalue weighted by Gasteiger charge is -2.26. The van der Waals surface area contributed by atoms with Crippen LogP contribution in [-0.4, -0.2) is 50.0 Å². The second kappa shape index (κ2) is 7.05. The van der Waals surface area contributed by atoms with Crippen molar-refractivity contribution in [2.24, 2.45) is 0 Å². The average molecular weight is 277 g/mol. The molecule has 1 aliphatic rings. The van der Waals surface area contributed by atoms with E-state index in [1.807, 2.05) is 0 Å². The van der Waals surface area contributed by atoms with Crippen LogP contribution in [0.25, 0.3) is 0 Å². The number of Topliss-reactive ketones (excluding diaryl/α,β-unsaturated/α-hetero) is 1. The first-order valence-corrected chi connectivity index (χ1v) is 6.73. The molecule has 0 unspecified atom stereocenters. The molecule has 5 heteroatoms. The number of hydrogen-bond acceptors (Lipinski definition) is 4. The van der Waals surface area contributed by atoms with Gasteiger partial charge >= 0.3 is 0 Å². The first-order valence-electron chi connectivity index (χ1n) is 6.73. The summed E-state index contributed by atoms with van der Waals surface area (Å²) in [6, 6.07) is 6.94. The van der Waals surface area contributed by atoms with E-state index < -0.39 is 0 Å². The lowest BCUT2D eigenvalue weighted by molar-refractivity contribution is -0.135. The molecule has 0 saturated carbocycles. The number of carbonyl (C=O) groups excluding carboxylic acids is 2. The summed E-state index contributed by atoms with van der Waals surface area (Å²) < 4.78 is 10.2. The Morgan fingerprint density at radius 1 is 1.15 bits per heavy atom. The summed E-state index contributed by atoms with van der Waals surface area (Å²) >= 11 is 0. The van der Waals surface area contributed by atoms with Crippen LogP contribution in [0.5, 0.6) is 5.75 Å². The van der Waals surface area contributed by atoms with Crippen LogP contribution < -0.4 is 4.74 Å². The summed E-state index contributed by atoms with van der Waals surface area (Å²) in [5.41, 5.74) is 0.612. The van der Waals surface area contributed by atoms with E-state index in [9.17, 15) is 9.59 Å². The molecule has 108 valence electrons. The van der Waals surface area contributed by atoms with E-state index in [1.54, 1.807) is 36.3 Å². The lowest BCUT2D eigenvalue weighted by Crippen LogP contribution is -2.40. The van der Waals surface area contributed by atoms with Crippen molar-refractivity contribution in [3.63, 3.8) is 0 Å². The quantitative estimate of drug-likeness (QED) is 0.766. The molecule has 0 radical (unpaired) electrons. The molecule has 0 N–H and O–H groups in total. The summed E-state index contributed by atoms with van der Waals surface area (Å²) in [6.45, 7) is 2.40. The number of methoxy groups -OCH3 is 1. The maximum Gasteiger partial charge on any atom is 0.223 e. The molecular formula is C15H19NO4. The standard InChI is InChI=1S/C15H19NO4/c1-19-13-4-2-12(3-5-13)14(17)6-7-15(18)16-8-10-20-11-9-16/h2-5H,6-11H2,1H3. The highest BCUT2D eigenvalue weighted by atomic mass is 16.5.